The molecule has 296 valence electrons. The molecule has 1 N–H and O–H groups in total. The van der Waals surface area contributed by atoms with Crippen LogP contribution in [-0.2, 0) is 65.1 Å². The fraction of sp³-hybridized carbons (Fsp3) is 0.605. The fourth-order valence-corrected chi connectivity index (χ4v) is 7.35. The molecule has 2 aromatic rings. The lowest BCUT2D eigenvalue weighted by Gasteiger charge is -2.50. The lowest BCUT2D eigenvalue weighted by molar-refractivity contribution is -0.339. The van der Waals surface area contributed by atoms with Crippen LogP contribution in [0.5, 0.6) is 0 Å². The molecule has 0 aromatic heterocycles. The van der Waals surface area contributed by atoms with Crippen molar-refractivity contribution in [3.05, 3.63) is 82.2 Å². The number of nitrogens with one attached hydrogen (secondary N) is 1. The standard InChI is InChI=1S/C38H54N4O11Si/c1-23-31(34(46-21-28-18-14-11-15-19-28)35(50-26(4)44)37(47-23)48-24(2)39)52-36-30(41-42-40)33(49-25(3)43)32(53-54(8,9)38(5,6)7)29(51-36)22-45-20-27-16-12-10-13-17-27/h10-19,23,29-37,39H,20-22H2,1-9H3/t23?,29?,30-,31+,32+,33?,34?,35-,36+,37+/m1/s1. The van der Waals surface area contributed by atoms with Crippen LogP contribution in [0.2, 0.25) is 18.1 Å². The van der Waals surface area contributed by atoms with Gasteiger partial charge in [0.2, 0.25) is 6.29 Å². The van der Waals surface area contributed by atoms with Gasteiger partial charge in [0.25, 0.3) is 0 Å². The van der Waals surface area contributed by atoms with Crippen LogP contribution >= 0.6 is 0 Å². The van der Waals surface area contributed by atoms with Crippen molar-refractivity contribution in [3.8, 4) is 0 Å². The zero-order valence-corrected chi connectivity index (χ0v) is 33.5. The number of hydrogen-bond acceptors (Lipinski definition) is 13. The highest BCUT2D eigenvalue weighted by Gasteiger charge is 2.56. The Balaban J connectivity index is 1.76. The molecule has 2 fully saturated rings. The Kier molecular flexibility index (Phi) is 15.2. The molecule has 0 bridgehead atoms. The van der Waals surface area contributed by atoms with Gasteiger partial charge in [-0.1, -0.05) is 86.5 Å². The van der Waals surface area contributed by atoms with Gasteiger partial charge in [0.05, 0.1) is 25.9 Å². The first-order chi connectivity index (χ1) is 25.5. The minimum atomic E-state index is -2.58. The molecule has 2 aromatic carbocycles. The van der Waals surface area contributed by atoms with E-state index < -0.39 is 81.6 Å². The molecule has 2 aliphatic rings. The number of carbonyl (C=O) groups excluding carboxylic acids is 2. The maximum Gasteiger partial charge on any atom is 0.303 e. The molecule has 10 atom stereocenters. The van der Waals surface area contributed by atoms with Gasteiger partial charge < -0.3 is 42.3 Å². The number of azide groups is 1. The smallest absolute Gasteiger partial charge is 0.303 e. The van der Waals surface area contributed by atoms with Gasteiger partial charge in [-0.2, -0.15) is 0 Å². The Labute approximate surface area is 318 Å². The van der Waals surface area contributed by atoms with Crippen molar-refractivity contribution in [1.29, 1.82) is 5.41 Å². The number of nitrogens with zero attached hydrogens (tertiary/aromatic N) is 3. The van der Waals surface area contributed by atoms with E-state index >= 15 is 0 Å². The number of ether oxygens (including phenoxy) is 8. The van der Waals surface area contributed by atoms with Crippen LogP contribution in [0.25, 0.3) is 10.4 Å². The van der Waals surface area contributed by atoms with Gasteiger partial charge >= 0.3 is 11.9 Å². The van der Waals surface area contributed by atoms with E-state index in [1.165, 1.54) is 20.8 Å². The lowest BCUT2D eigenvalue weighted by atomic mass is 9.95. The number of rotatable bonds is 15. The normalized spacial score (nSPS) is 28.7. The van der Waals surface area contributed by atoms with E-state index in [-0.39, 0.29) is 30.8 Å². The summed E-state index contributed by atoms with van der Waals surface area (Å²) in [6.07, 6.45) is -9.57. The van der Waals surface area contributed by atoms with Crippen LogP contribution in [0, 0.1) is 5.41 Å². The Morgan fingerprint density at radius 2 is 1.39 bits per heavy atom. The van der Waals surface area contributed by atoms with Crippen LogP contribution in [0.15, 0.2) is 65.8 Å². The van der Waals surface area contributed by atoms with Crippen LogP contribution < -0.4 is 0 Å². The zero-order valence-electron chi connectivity index (χ0n) is 32.5. The Morgan fingerprint density at radius 1 is 0.815 bits per heavy atom. The molecule has 0 saturated carbocycles. The van der Waals surface area contributed by atoms with Crippen molar-refractivity contribution in [2.75, 3.05) is 6.61 Å². The summed E-state index contributed by atoms with van der Waals surface area (Å²) >= 11 is 0. The summed E-state index contributed by atoms with van der Waals surface area (Å²) in [5.41, 5.74) is 11.6. The van der Waals surface area contributed by atoms with Crippen molar-refractivity contribution in [2.24, 2.45) is 5.11 Å². The topological polar surface area (TPSA) is 190 Å². The molecule has 0 radical (unpaired) electrons. The summed E-state index contributed by atoms with van der Waals surface area (Å²) < 4.78 is 56.4. The van der Waals surface area contributed by atoms with Gasteiger partial charge in [0.1, 0.15) is 36.6 Å². The average molecular weight is 771 g/mol. The van der Waals surface area contributed by atoms with Gasteiger partial charge in [-0.3, -0.25) is 15.0 Å². The summed E-state index contributed by atoms with van der Waals surface area (Å²) in [6.45, 7) is 16.4. The molecule has 0 spiro atoms. The van der Waals surface area contributed by atoms with Gasteiger partial charge in [0, 0.05) is 25.7 Å². The van der Waals surface area contributed by atoms with Crippen molar-refractivity contribution < 1.29 is 51.9 Å². The maximum absolute atomic E-state index is 12.7. The summed E-state index contributed by atoms with van der Waals surface area (Å²) in [5, 5.41) is 11.8. The molecular weight excluding hydrogens is 717 g/mol. The Hall–Kier alpha value is -3.86. The third kappa shape index (κ3) is 11.6. The van der Waals surface area contributed by atoms with Crippen molar-refractivity contribution in [2.45, 2.75) is 141 Å². The number of esters is 2. The van der Waals surface area contributed by atoms with Gasteiger partial charge in [-0.25, -0.2) is 0 Å². The molecule has 2 aliphatic heterocycles. The second kappa shape index (κ2) is 19.1. The highest BCUT2D eigenvalue weighted by Crippen LogP contribution is 2.41. The molecule has 4 rings (SSSR count). The first kappa shape index (κ1) is 42.9. The summed E-state index contributed by atoms with van der Waals surface area (Å²) in [4.78, 5) is 28.3. The molecule has 2 saturated heterocycles. The van der Waals surface area contributed by atoms with E-state index in [2.05, 4.69) is 43.9 Å². The number of benzene rings is 2. The average Bonchev–Trinajstić information content (AvgIpc) is 3.09. The molecule has 2 heterocycles. The first-order valence-electron chi connectivity index (χ1n) is 18.0. The Morgan fingerprint density at radius 3 is 1.93 bits per heavy atom. The predicted molar refractivity (Wildman–Crippen MR) is 200 cm³/mol. The summed E-state index contributed by atoms with van der Waals surface area (Å²) in [5.74, 6) is -1.43. The molecule has 15 nitrogen and oxygen atoms in total. The van der Waals surface area contributed by atoms with E-state index in [1.54, 1.807) is 6.92 Å². The maximum atomic E-state index is 12.7. The first-order valence-corrected chi connectivity index (χ1v) is 20.9. The third-order valence-corrected chi connectivity index (χ3v) is 14.1. The van der Waals surface area contributed by atoms with Crippen molar-refractivity contribution in [1.82, 2.24) is 0 Å². The van der Waals surface area contributed by atoms with Crippen LogP contribution in [0.3, 0.4) is 0 Å². The molecule has 16 heteroatoms. The van der Waals surface area contributed by atoms with E-state index in [0.29, 0.717) is 0 Å². The number of carbonyl (C=O) groups is 2. The molecule has 0 aliphatic carbocycles. The second-order valence-electron chi connectivity index (χ2n) is 15.0. The minimum absolute atomic E-state index is 0.00402. The van der Waals surface area contributed by atoms with Crippen LogP contribution in [0.1, 0.15) is 59.6 Å². The van der Waals surface area contributed by atoms with Crippen molar-refractivity contribution >= 4 is 26.2 Å². The third-order valence-electron chi connectivity index (χ3n) is 9.63. The monoisotopic (exact) mass is 770 g/mol. The van der Waals surface area contributed by atoms with E-state index in [1.807, 2.05) is 60.7 Å². The SMILES string of the molecule is CC(=N)O[C@@H]1OC(C)[C@H](O[C@@H]2OC(COCc3ccccc3)[C@H](O[Si](C)(C)C(C)(C)C)C(OC(C)=O)[C@H]2N=[N+]=[N-])C(OCc2ccccc2)[C@H]1OC(C)=O. The summed E-state index contributed by atoms with van der Waals surface area (Å²) in [6, 6.07) is 17.7. The molecular formula is C38H54N4O11Si. The van der Waals surface area contributed by atoms with Crippen molar-refractivity contribution in [3.63, 3.8) is 0 Å². The highest BCUT2D eigenvalue weighted by molar-refractivity contribution is 6.74. The van der Waals surface area contributed by atoms with Crippen LogP contribution in [0.4, 0.5) is 0 Å². The van der Waals surface area contributed by atoms with E-state index in [0.717, 1.165) is 11.1 Å². The number of hydrogen-bond donors (Lipinski definition) is 1. The van der Waals surface area contributed by atoms with E-state index in [4.69, 9.17) is 47.7 Å². The quantitative estimate of drug-likeness (QED) is 0.0391. The second-order valence-corrected chi connectivity index (χ2v) is 19.7. The Bertz CT molecular complexity index is 1590. The van der Waals surface area contributed by atoms with Crippen LogP contribution in [-0.4, -0.2) is 94.1 Å². The molecule has 54 heavy (non-hydrogen) atoms. The largest absolute Gasteiger partial charge is 0.459 e. The minimum Gasteiger partial charge on any atom is -0.459 e. The molecule has 4 unspecified atom stereocenters. The highest BCUT2D eigenvalue weighted by atomic mass is 28.4. The lowest BCUT2D eigenvalue weighted by Crippen LogP contribution is -2.66. The van der Waals surface area contributed by atoms with Gasteiger partial charge in [0.15, 0.2) is 26.6 Å². The zero-order chi connectivity index (χ0) is 39.6. The summed E-state index contributed by atoms with van der Waals surface area (Å²) in [7, 11) is -2.58. The molecule has 0 amide bonds. The van der Waals surface area contributed by atoms with Gasteiger partial charge in [-0.15, -0.1) is 0 Å². The van der Waals surface area contributed by atoms with Gasteiger partial charge in [-0.05, 0) is 41.7 Å². The van der Waals surface area contributed by atoms with E-state index in [9.17, 15) is 15.1 Å². The fourth-order valence-electron chi connectivity index (χ4n) is 6.03. The predicted octanol–water partition coefficient (Wildman–Crippen LogP) is 6.59.